The van der Waals surface area contributed by atoms with E-state index in [2.05, 4.69) is 18.3 Å². The molecule has 1 aliphatic carbocycles. The van der Waals surface area contributed by atoms with E-state index < -0.39 is 5.54 Å². The third-order valence-corrected chi connectivity index (χ3v) is 4.98. The molecule has 1 N–H and O–H groups in total. The van der Waals surface area contributed by atoms with Gasteiger partial charge in [0.1, 0.15) is 5.54 Å². The summed E-state index contributed by atoms with van der Waals surface area (Å²) < 4.78 is 0. The van der Waals surface area contributed by atoms with Crippen LogP contribution in [0.3, 0.4) is 0 Å². The molecule has 2 rings (SSSR count). The summed E-state index contributed by atoms with van der Waals surface area (Å²) in [5.41, 5.74) is 0.415. The molecule has 102 valence electrons. The van der Waals surface area contributed by atoms with E-state index in [4.69, 9.17) is 0 Å². The smallest absolute Gasteiger partial charge is 0.262 e. The van der Waals surface area contributed by atoms with Crippen molar-refractivity contribution in [3.05, 3.63) is 21.9 Å². The molecule has 1 heterocycles. The minimum absolute atomic E-state index is 0.0806. The lowest BCUT2D eigenvalue weighted by Gasteiger charge is -2.34. The van der Waals surface area contributed by atoms with Crippen LogP contribution in [0.5, 0.6) is 0 Å². The molecule has 0 bridgehead atoms. The van der Waals surface area contributed by atoms with Crippen LogP contribution in [0, 0.1) is 17.2 Å². The van der Waals surface area contributed by atoms with Crippen LogP contribution < -0.4 is 5.32 Å². The van der Waals surface area contributed by atoms with Crippen molar-refractivity contribution in [1.82, 2.24) is 5.32 Å². The van der Waals surface area contributed by atoms with Crippen LogP contribution in [0.1, 0.15) is 54.8 Å². The zero-order valence-electron chi connectivity index (χ0n) is 11.5. The van der Waals surface area contributed by atoms with E-state index in [1.807, 2.05) is 18.4 Å². The molecule has 19 heavy (non-hydrogen) atoms. The first kappa shape index (κ1) is 14.1. The summed E-state index contributed by atoms with van der Waals surface area (Å²) in [5.74, 6) is 0.578. The molecule has 1 fully saturated rings. The fourth-order valence-corrected chi connectivity index (χ4v) is 3.50. The zero-order valence-corrected chi connectivity index (χ0v) is 12.3. The van der Waals surface area contributed by atoms with E-state index in [-0.39, 0.29) is 5.91 Å². The SMILES string of the molecule is CCc1ccsc1C(=O)NC1(C#N)CCC(C)CC1. The predicted molar refractivity (Wildman–Crippen MR) is 77.1 cm³/mol. The molecule has 0 atom stereocenters. The standard InChI is InChI=1S/C15H20N2OS/c1-3-12-6-9-19-13(12)14(18)17-15(10-16)7-4-11(2)5-8-15/h6,9,11H,3-5,7-8H2,1-2H3,(H,17,18). The van der Waals surface area contributed by atoms with E-state index >= 15 is 0 Å². The number of carbonyl (C=O) groups is 1. The first-order valence-corrected chi connectivity index (χ1v) is 7.78. The van der Waals surface area contributed by atoms with Crippen LogP contribution in [0.15, 0.2) is 11.4 Å². The third kappa shape index (κ3) is 2.98. The number of nitriles is 1. The van der Waals surface area contributed by atoms with Crippen LogP contribution >= 0.6 is 11.3 Å². The number of nitrogens with one attached hydrogen (secondary N) is 1. The maximum Gasteiger partial charge on any atom is 0.262 e. The van der Waals surface area contributed by atoms with Crippen molar-refractivity contribution in [2.24, 2.45) is 5.92 Å². The lowest BCUT2D eigenvalue weighted by Crippen LogP contribution is -2.49. The van der Waals surface area contributed by atoms with Crippen molar-refractivity contribution < 1.29 is 4.79 Å². The van der Waals surface area contributed by atoms with Crippen LogP contribution in [-0.2, 0) is 6.42 Å². The normalized spacial score (nSPS) is 26.7. The Bertz CT molecular complexity index is 492. The van der Waals surface area contributed by atoms with Gasteiger partial charge < -0.3 is 5.32 Å². The monoisotopic (exact) mass is 276 g/mol. The topological polar surface area (TPSA) is 52.9 Å². The molecule has 1 aliphatic rings. The fourth-order valence-electron chi connectivity index (χ4n) is 2.61. The number of hydrogen-bond donors (Lipinski definition) is 1. The lowest BCUT2D eigenvalue weighted by molar-refractivity contribution is 0.0897. The van der Waals surface area contributed by atoms with Gasteiger partial charge >= 0.3 is 0 Å². The summed E-state index contributed by atoms with van der Waals surface area (Å²) in [5, 5.41) is 14.4. The quantitative estimate of drug-likeness (QED) is 0.918. The zero-order chi connectivity index (χ0) is 13.9. The van der Waals surface area contributed by atoms with Crippen LogP contribution in [0.25, 0.3) is 0 Å². The van der Waals surface area contributed by atoms with Gasteiger partial charge in [-0.05, 0) is 55.0 Å². The van der Waals surface area contributed by atoms with Crippen LogP contribution in [-0.4, -0.2) is 11.4 Å². The molecule has 0 aromatic carbocycles. The van der Waals surface area contributed by atoms with E-state index in [1.54, 1.807) is 0 Å². The third-order valence-electron chi connectivity index (χ3n) is 4.03. The molecule has 0 spiro atoms. The molecule has 1 aromatic heterocycles. The minimum Gasteiger partial charge on any atom is -0.333 e. The molecule has 0 saturated heterocycles. The summed E-state index contributed by atoms with van der Waals surface area (Å²) >= 11 is 1.46. The van der Waals surface area contributed by atoms with E-state index in [9.17, 15) is 10.1 Å². The molecule has 1 amide bonds. The maximum absolute atomic E-state index is 12.3. The van der Waals surface area contributed by atoms with Crippen LogP contribution in [0.2, 0.25) is 0 Å². The number of amides is 1. The Morgan fingerprint density at radius 2 is 2.26 bits per heavy atom. The van der Waals surface area contributed by atoms with E-state index in [0.717, 1.165) is 42.5 Å². The number of carbonyl (C=O) groups excluding carboxylic acids is 1. The highest BCUT2D eigenvalue weighted by atomic mass is 32.1. The van der Waals surface area contributed by atoms with Crippen molar-refractivity contribution in [1.29, 1.82) is 5.26 Å². The highest BCUT2D eigenvalue weighted by Crippen LogP contribution is 2.32. The predicted octanol–water partition coefficient (Wildman–Crippen LogP) is 3.51. The van der Waals surface area contributed by atoms with Gasteiger partial charge in [0.15, 0.2) is 0 Å². The van der Waals surface area contributed by atoms with Crippen molar-refractivity contribution in [3.8, 4) is 6.07 Å². The molecular formula is C15H20N2OS. The second-order valence-corrected chi connectivity index (χ2v) is 6.38. The van der Waals surface area contributed by atoms with Gasteiger partial charge in [-0.3, -0.25) is 4.79 Å². The minimum atomic E-state index is -0.654. The number of nitrogens with zero attached hydrogens (tertiary/aromatic N) is 1. The largest absolute Gasteiger partial charge is 0.333 e. The Labute approximate surface area is 118 Å². The van der Waals surface area contributed by atoms with Gasteiger partial charge in [-0.25, -0.2) is 0 Å². The van der Waals surface area contributed by atoms with Gasteiger partial charge in [0, 0.05) is 0 Å². The highest BCUT2D eigenvalue weighted by molar-refractivity contribution is 7.12. The molecular weight excluding hydrogens is 256 g/mol. The second kappa shape index (κ2) is 5.75. The Morgan fingerprint density at radius 1 is 1.58 bits per heavy atom. The second-order valence-electron chi connectivity index (χ2n) is 5.46. The molecule has 0 aliphatic heterocycles. The summed E-state index contributed by atoms with van der Waals surface area (Å²) in [7, 11) is 0. The van der Waals surface area contributed by atoms with Crippen molar-refractivity contribution in [2.45, 2.75) is 51.5 Å². The van der Waals surface area contributed by atoms with Gasteiger partial charge in [-0.15, -0.1) is 11.3 Å². The number of hydrogen-bond acceptors (Lipinski definition) is 3. The van der Waals surface area contributed by atoms with Crippen molar-refractivity contribution in [3.63, 3.8) is 0 Å². The number of thiophene rings is 1. The summed E-state index contributed by atoms with van der Waals surface area (Å²) in [6, 6.07) is 4.33. The maximum atomic E-state index is 12.3. The van der Waals surface area contributed by atoms with Gasteiger partial charge in [-0.2, -0.15) is 5.26 Å². The Morgan fingerprint density at radius 3 is 2.84 bits per heavy atom. The summed E-state index contributed by atoms with van der Waals surface area (Å²) in [6.07, 6.45) is 4.41. The highest BCUT2D eigenvalue weighted by Gasteiger charge is 2.36. The first-order valence-electron chi connectivity index (χ1n) is 6.90. The molecule has 0 radical (unpaired) electrons. The van der Waals surface area contributed by atoms with Gasteiger partial charge in [0.2, 0.25) is 0 Å². The van der Waals surface area contributed by atoms with Gasteiger partial charge in [0.05, 0.1) is 10.9 Å². The van der Waals surface area contributed by atoms with Gasteiger partial charge in [0.25, 0.3) is 5.91 Å². The van der Waals surface area contributed by atoms with E-state index in [1.165, 1.54) is 11.3 Å². The Hall–Kier alpha value is -1.34. The molecule has 1 saturated carbocycles. The Kier molecular flexibility index (Phi) is 4.26. The lowest BCUT2D eigenvalue weighted by atomic mass is 9.78. The van der Waals surface area contributed by atoms with Crippen molar-refractivity contribution in [2.75, 3.05) is 0 Å². The molecule has 4 heteroatoms. The Balaban J connectivity index is 2.11. The average Bonchev–Trinajstić information content (AvgIpc) is 2.90. The summed E-state index contributed by atoms with van der Waals surface area (Å²) in [4.78, 5) is 13.1. The van der Waals surface area contributed by atoms with Crippen molar-refractivity contribution >= 4 is 17.2 Å². The fraction of sp³-hybridized carbons (Fsp3) is 0.600. The first-order chi connectivity index (χ1) is 9.10. The molecule has 1 aromatic rings. The molecule has 3 nitrogen and oxygen atoms in total. The average molecular weight is 276 g/mol. The van der Waals surface area contributed by atoms with Crippen LogP contribution in [0.4, 0.5) is 0 Å². The number of aryl methyl sites for hydroxylation is 1. The van der Waals surface area contributed by atoms with Gasteiger partial charge in [-0.1, -0.05) is 13.8 Å². The summed E-state index contributed by atoms with van der Waals surface area (Å²) in [6.45, 7) is 4.25. The van der Waals surface area contributed by atoms with E-state index in [0.29, 0.717) is 5.92 Å². The molecule has 0 unspecified atom stereocenters. The number of rotatable bonds is 3.